The maximum Gasteiger partial charge on any atom is 0.333 e. The highest BCUT2D eigenvalue weighted by molar-refractivity contribution is 9.10. The average molecular weight is 467 g/mol. The summed E-state index contributed by atoms with van der Waals surface area (Å²) in [6, 6.07) is 10.9. The Hall–Kier alpha value is -2.25. The molecule has 0 bridgehead atoms. The third kappa shape index (κ3) is 7.25. The molecule has 0 aromatic heterocycles. The van der Waals surface area contributed by atoms with E-state index in [9.17, 15) is 15.0 Å². The summed E-state index contributed by atoms with van der Waals surface area (Å²) in [6.07, 6.45) is -0.150. The van der Waals surface area contributed by atoms with Crippen LogP contribution in [0.1, 0.15) is 31.4 Å². The third-order valence-electron chi connectivity index (χ3n) is 4.12. The van der Waals surface area contributed by atoms with Crippen LogP contribution in [0.15, 0.2) is 40.9 Å². The highest BCUT2D eigenvalue weighted by Gasteiger charge is 2.20. The normalized spacial score (nSPS) is 12.0. The van der Waals surface area contributed by atoms with Gasteiger partial charge in [0.25, 0.3) is 0 Å². The highest BCUT2D eigenvalue weighted by Crippen LogP contribution is 2.36. The Labute approximate surface area is 179 Å². The Morgan fingerprint density at radius 3 is 2.55 bits per heavy atom. The van der Waals surface area contributed by atoms with E-state index < -0.39 is 12.1 Å². The van der Waals surface area contributed by atoms with Crippen LogP contribution in [0, 0.1) is 6.92 Å². The molecule has 0 fully saturated rings. The van der Waals surface area contributed by atoms with Gasteiger partial charge in [-0.25, -0.2) is 4.79 Å². The Morgan fingerprint density at radius 2 is 1.86 bits per heavy atom. The molecule has 0 aliphatic carbocycles. The summed E-state index contributed by atoms with van der Waals surface area (Å²) >= 11 is 3.33. The van der Waals surface area contributed by atoms with Gasteiger partial charge in [0, 0.05) is 12.8 Å². The van der Waals surface area contributed by atoms with Crippen molar-refractivity contribution in [2.24, 2.45) is 0 Å². The molecule has 0 saturated heterocycles. The highest BCUT2D eigenvalue weighted by atomic mass is 79.9. The molecule has 29 heavy (non-hydrogen) atoms. The summed E-state index contributed by atoms with van der Waals surface area (Å²) in [7, 11) is 0. The van der Waals surface area contributed by atoms with Gasteiger partial charge >= 0.3 is 5.97 Å². The number of carboxylic acids is 1. The van der Waals surface area contributed by atoms with Crippen molar-refractivity contribution in [3.63, 3.8) is 0 Å². The van der Waals surface area contributed by atoms with E-state index in [1.54, 1.807) is 6.07 Å². The van der Waals surface area contributed by atoms with E-state index in [1.165, 1.54) is 0 Å². The second-order valence-electron chi connectivity index (χ2n) is 6.96. The van der Waals surface area contributed by atoms with Crippen molar-refractivity contribution in [1.29, 1.82) is 0 Å². The smallest absolute Gasteiger partial charge is 0.333 e. The van der Waals surface area contributed by atoms with Gasteiger partial charge in [0.05, 0.1) is 23.8 Å². The van der Waals surface area contributed by atoms with Crippen LogP contribution in [-0.4, -0.2) is 41.6 Å². The van der Waals surface area contributed by atoms with Crippen molar-refractivity contribution in [2.75, 3.05) is 13.2 Å². The lowest BCUT2D eigenvalue weighted by molar-refractivity contribution is -0.153. The molecule has 1 unspecified atom stereocenters. The lowest BCUT2D eigenvalue weighted by Crippen LogP contribution is -2.29. The number of aromatic hydroxyl groups is 1. The van der Waals surface area contributed by atoms with Crippen LogP contribution in [0.3, 0.4) is 0 Å². The zero-order valence-electron chi connectivity index (χ0n) is 16.9. The van der Waals surface area contributed by atoms with Gasteiger partial charge in [-0.3, -0.25) is 0 Å². The first-order chi connectivity index (χ1) is 13.8. The van der Waals surface area contributed by atoms with E-state index in [0.29, 0.717) is 35.6 Å². The third-order valence-corrected chi connectivity index (χ3v) is 5.12. The standard InChI is InChI=1S/C22H27BrO6/c1-14(2)29-19(22(25)26)13-16-6-4-7-17(12-16)27-10-5-11-28-18-9-8-15(3)20(23)21(18)24/h4,6-9,12,14,19,24H,5,10-11,13H2,1-3H3,(H,25,26). The minimum atomic E-state index is -0.979. The Bertz CT molecular complexity index is 821. The van der Waals surface area contributed by atoms with E-state index >= 15 is 0 Å². The van der Waals surface area contributed by atoms with E-state index in [2.05, 4.69) is 15.9 Å². The zero-order valence-corrected chi connectivity index (χ0v) is 18.4. The molecule has 2 N–H and O–H groups in total. The van der Waals surface area contributed by atoms with Crippen LogP contribution >= 0.6 is 15.9 Å². The van der Waals surface area contributed by atoms with Crippen LogP contribution in [0.25, 0.3) is 0 Å². The molecule has 7 heteroatoms. The van der Waals surface area contributed by atoms with Gasteiger partial charge in [-0.15, -0.1) is 0 Å². The predicted molar refractivity (Wildman–Crippen MR) is 114 cm³/mol. The first-order valence-corrected chi connectivity index (χ1v) is 10.3. The Kier molecular flexibility index (Phi) is 8.79. The van der Waals surface area contributed by atoms with E-state index in [0.717, 1.165) is 11.1 Å². The van der Waals surface area contributed by atoms with Crippen molar-refractivity contribution in [3.05, 3.63) is 52.0 Å². The fourth-order valence-electron chi connectivity index (χ4n) is 2.69. The maximum atomic E-state index is 11.4. The van der Waals surface area contributed by atoms with Crippen LogP contribution in [0.5, 0.6) is 17.2 Å². The minimum absolute atomic E-state index is 0.0928. The Morgan fingerprint density at radius 1 is 1.14 bits per heavy atom. The number of phenols is 1. The second-order valence-corrected chi connectivity index (χ2v) is 7.75. The van der Waals surface area contributed by atoms with Crippen molar-refractivity contribution in [3.8, 4) is 17.2 Å². The molecule has 6 nitrogen and oxygen atoms in total. The lowest BCUT2D eigenvalue weighted by Gasteiger charge is -2.17. The molecule has 0 aliphatic rings. The van der Waals surface area contributed by atoms with Crippen LogP contribution in [0.2, 0.25) is 0 Å². The van der Waals surface area contributed by atoms with Crippen LogP contribution in [-0.2, 0) is 16.0 Å². The molecule has 0 saturated carbocycles. The van der Waals surface area contributed by atoms with Crippen LogP contribution < -0.4 is 9.47 Å². The molecule has 2 aromatic rings. The largest absolute Gasteiger partial charge is 0.503 e. The molecule has 0 aliphatic heterocycles. The monoisotopic (exact) mass is 466 g/mol. The predicted octanol–water partition coefficient (Wildman–Crippen LogP) is 4.73. The second kappa shape index (κ2) is 11.1. The number of hydrogen-bond donors (Lipinski definition) is 2. The molecule has 0 heterocycles. The number of aliphatic carboxylic acids is 1. The summed E-state index contributed by atoms with van der Waals surface area (Å²) in [5, 5.41) is 19.4. The summed E-state index contributed by atoms with van der Waals surface area (Å²) in [6.45, 7) is 6.34. The van der Waals surface area contributed by atoms with Crippen molar-refractivity contribution < 1.29 is 29.2 Å². The quantitative estimate of drug-likeness (QED) is 0.465. The number of aryl methyl sites for hydroxylation is 1. The minimum Gasteiger partial charge on any atom is -0.503 e. The van der Waals surface area contributed by atoms with Gasteiger partial charge in [0.15, 0.2) is 17.6 Å². The van der Waals surface area contributed by atoms with Gasteiger partial charge in [-0.2, -0.15) is 0 Å². The van der Waals surface area contributed by atoms with Crippen molar-refractivity contribution in [1.82, 2.24) is 0 Å². The lowest BCUT2D eigenvalue weighted by atomic mass is 10.1. The summed E-state index contributed by atoms with van der Waals surface area (Å²) in [4.78, 5) is 11.4. The number of phenolic OH excluding ortho intramolecular Hbond substituents is 1. The summed E-state index contributed by atoms with van der Waals surface area (Å²) in [5.74, 6) is 0.204. The number of halogens is 1. The van der Waals surface area contributed by atoms with Crippen molar-refractivity contribution >= 4 is 21.9 Å². The molecule has 0 radical (unpaired) electrons. The average Bonchev–Trinajstić information content (AvgIpc) is 2.67. The van der Waals surface area contributed by atoms with E-state index in [1.807, 2.05) is 51.1 Å². The number of ether oxygens (including phenoxy) is 3. The van der Waals surface area contributed by atoms with Gasteiger partial charge in [-0.05, 0) is 66.0 Å². The van der Waals surface area contributed by atoms with Crippen molar-refractivity contribution in [2.45, 2.75) is 45.8 Å². The topological polar surface area (TPSA) is 85.2 Å². The molecular formula is C22H27BrO6. The SMILES string of the molecule is Cc1ccc(OCCCOc2cccc(CC(OC(C)C)C(=O)O)c2)c(O)c1Br. The van der Waals surface area contributed by atoms with E-state index in [4.69, 9.17) is 14.2 Å². The number of benzene rings is 2. The van der Waals surface area contributed by atoms with Gasteiger partial charge in [-0.1, -0.05) is 18.2 Å². The molecule has 158 valence electrons. The molecule has 2 aromatic carbocycles. The first kappa shape index (κ1) is 23.0. The number of carbonyl (C=O) groups is 1. The zero-order chi connectivity index (χ0) is 21.4. The molecular weight excluding hydrogens is 440 g/mol. The molecule has 1 atom stereocenters. The van der Waals surface area contributed by atoms with Gasteiger partial charge in [0.1, 0.15) is 5.75 Å². The van der Waals surface area contributed by atoms with Gasteiger partial charge < -0.3 is 24.4 Å². The fourth-order valence-corrected chi connectivity index (χ4v) is 3.02. The van der Waals surface area contributed by atoms with Crippen LogP contribution in [0.4, 0.5) is 0 Å². The number of hydrogen-bond acceptors (Lipinski definition) is 5. The maximum absolute atomic E-state index is 11.4. The molecule has 0 spiro atoms. The summed E-state index contributed by atoms with van der Waals surface area (Å²) in [5.41, 5.74) is 1.77. The Balaban J connectivity index is 1.82. The fraction of sp³-hybridized carbons (Fsp3) is 0.409. The first-order valence-electron chi connectivity index (χ1n) is 9.48. The molecule has 0 amide bonds. The number of carboxylic acid groups (broad SMARTS) is 1. The molecule has 2 rings (SSSR count). The number of rotatable bonds is 11. The van der Waals surface area contributed by atoms with Gasteiger partial charge in [0.2, 0.25) is 0 Å². The van der Waals surface area contributed by atoms with E-state index in [-0.39, 0.29) is 18.3 Å². The summed E-state index contributed by atoms with van der Waals surface area (Å²) < 4.78 is 17.4.